The lowest BCUT2D eigenvalue weighted by Crippen LogP contribution is -2.43. The van der Waals surface area contributed by atoms with Crippen LogP contribution in [0, 0.1) is 5.41 Å². The normalized spacial score (nSPS) is 14.1. The van der Waals surface area contributed by atoms with Crippen molar-refractivity contribution in [1.82, 2.24) is 0 Å². The lowest BCUT2D eigenvalue weighted by molar-refractivity contribution is -0.172. The van der Waals surface area contributed by atoms with Gasteiger partial charge >= 0.3 is 17.9 Å². The zero-order valence-corrected chi connectivity index (χ0v) is 14.1. The molecule has 1 atom stereocenters. The van der Waals surface area contributed by atoms with Crippen molar-refractivity contribution in [3.63, 3.8) is 0 Å². The molecule has 7 nitrogen and oxygen atoms in total. The Morgan fingerprint density at radius 3 is 1.87 bits per heavy atom. The highest BCUT2D eigenvalue weighted by molar-refractivity contribution is 5.88. The van der Waals surface area contributed by atoms with E-state index in [1.807, 2.05) is 0 Å². The lowest BCUT2D eigenvalue weighted by atomic mass is 9.76. The van der Waals surface area contributed by atoms with Gasteiger partial charge in [-0.25, -0.2) is 4.79 Å². The number of rotatable bonds is 12. The molecule has 0 aliphatic carbocycles. The Morgan fingerprint density at radius 1 is 0.957 bits per heavy atom. The van der Waals surface area contributed by atoms with Crippen molar-refractivity contribution >= 4 is 17.9 Å². The lowest BCUT2D eigenvalue weighted by Gasteiger charge is -2.30. The zero-order chi connectivity index (χ0) is 18.1. The summed E-state index contributed by atoms with van der Waals surface area (Å²) in [5.41, 5.74) is -2.42. The number of esters is 1. The molecule has 0 bridgehead atoms. The molecule has 0 aliphatic heterocycles. The second-order valence-corrected chi connectivity index (χ2v) is 5.97. The van der Waals surface area contributed by atoms with Crippen molar-refractivity contribution < 1.29 is 34.4 Å². The molecule has 0 fully saturated rings. The number of carbonyl (C=O) groups excluding carboxylic acids is 1. The van der Waals surface area contributed by atoms with Crippen LogP contribution in [0.5, 0.6) is 0 Å². The van der Waals surface area contributed by atoms with Crippen LogP contribution in [0.15, 0.2) is 0 Å². The Kier molecular flexibility index (Phi) is 8.82. The third-order valence-corrected chi connectivity index (χ3v) is 4.64. The Hall–Kier alpha value is -1.63. The first kappa shape index (κ1) is 21.4. The SMILES string of the molecule is CCC(CC)(CC)CCCOC(=O)CC(O)(CC(=O)O)C(=O)O. The summed E-state index contributed by atoms with van der Waals surface area (Å²) in [7, 11) is 0. The number of carboxylic acids is 2. The average molecular weight is 332 g/mol. The van der Waals surface area contributed by atoms with Crippen molar-refractivity contribution in [2.75, 3.05) is 6.61 Å². The molecule has 0 spiro atoms. The van der Waals surface area contributed by atoms with Crippen LogP contribution in [0.3, 0.4) is 0 Å². The second kappa shape index (κ2) is 9.50. The molecule has 0 aliphatic rings. The smallest absolute Gasteiger partial charge is 0.336 e. The van der Waals surface area contributed by atoms with Crippen molar-refractivity contribution in [1.29, 1.82) is 0 Å². The highest BCUT2D eigenvalue weighted by atomic mass is 16.5. The van der Waals surface area contributed by atoms with Gasteiger partial charge in [-0.15, -0.1) is 0 Å². The van der Waals surface area contributed by atoms with Crippen LogP contribution in [0.25, 0.3) is 0 Å². The summed E-state index contributed by atoms with van der Waals surface area (Å²) < 4.78 is 4.94. The Balaban J connectivity index is 4.40. The van der Waals surface area contributed by atoms with Crippen LogP contribution in [0.4, 0.5) is 0 Å². The van der Waals surface area contributed by atoms with Crippen LogP contribution in [-0.4, -0.2) is 45.4 Å². The molecule has 0 heterocycles. The molecule has 0 amide bonds. The predicted molar refractivity (Wildman–Crippen MR) is 83.0 cm³/mol. The molecule has 0 saturated heterocycles. The predicted octanol–water partition coefficient (Wildman–Crippen LogP) is 2.21. The topological polar surface area (TPSA) is 121 Å². The van der Waals surface area contributed by atoms with E-state index >= 15 is 0 Å². The molecule has 3 N–H and O–H groups in total. The second-order valence-electron chi connectivity index (χ2n) is 5.97. The van der Waals surface area contributed by atoms with Crippen LogP contribution in [-0.2, 0) is 19.1 Å². The summed E-state index contributed by atoms with van der Waals surface area (Å²) >= 11 is 0. The van der Waals surface area contributed by atoms with E-state index in [0.29, 0.717) is 6.42 Å². The van der Waals surface area contributed by atoms with E-state index in [2.05, 4.69) is 20.8 Å². The van der Waals surface area contributed by atoms with E-state index in [1.54, 1.807) is 0 Å². The summed E-state index contributed by atoms with van der Waals surface area (Å²) in [6.07, 6.45) is 2.70. The summed E-state index contributed by atoms with van der Waals surface area (Å²) in [5, 5.41) is 27.3. The van der Waals surface area contributed by atoms with Gasteiger partial charge in [0, 0.05) is 0 Å². The highest BCUT2D eigenvalue weighted by Gasteiger charge is 2.41. The van der Waals surface area contributed by atoms with Gasteiger partial charge in [-0.3, -0.25) is 9.59 Å². The van der Waals surface area contributed by atoms with Crippen LogP contribution < -0.4 is 0 Å². The fourth-order valence-electron chi connectivity index (χ4n) is 2.67. The van der Waals surface area contributed by atoms with Gasteiger partial charge in [-0.1, -0.05) is 40.0 Å². The maximum atomic E-state index is 11.6. The molecular formula is C16H28O7. The molecule has 7 heteroatoms. The fraction of sp³-hybridized carbons (Fsp3) is 0.812. The number of carbonyl (C=O) groups is 3. The van der Waals surface area contributed by atoms with E-state index in [0.717, 1.165) is 25.7 Å². The molecule has 0 aromatic carbocycles. The molecule has 134 valence electrons. The summed E-state index contributed by atoms with van der Waals surface area (Å²) in [6, 6.07) is 0. The van der Waals surface area contributed by atoms with Gasteiger partial charge < -0.3 is 20.1 Å². The van der Waals surface area contributed by atoms with Gasteiger partial charge in [0.05, 0.1) is 19.4 Å². The van der Waals surface area contributed by atoms with E-state index in [-0.39, 0.29) is 12.0 Å². The quantitative estimate of drug-likeness (QED) is 0.370. The van der Waals surface area contributed by atoms with E-state index in [4.69, 9.17) is 14.9 Å². The maximum Gasteiger partial charge on any atom is 0.336 e. The third kappa shape index (κ3) is 6.99. The van der Waals surface area contributed by atoms with Gasteiger partial charge in [-0.05, 0) is 18.3 Å². The first-order valence-corrected chi connectivity index (χ1v) is 7.98. The summed E-state index contributed by atoms with van der Waals surface area (Å²) in [6.45, 7) is 6.50. The van der Waals surface area contributed by atoms with Gasteiger partial charge in [0.15, 0.2) is 5.60 Å². The molecule has 0 aromatic rings. The molecule has 0 saturated carbocycles. The monoisotopic (exact) mass is 332 g/mol. The van der Waals surface area contributed by atoms with E-state index in [1.165, 1.54) is 0 Å². The van der Waals surface area contributed by atoms with E-state index in [9.17, 15) is 19.5 Å². The minimum absolute atomic E-state index is 0.128. The average Bonchev–Trinajstić information content (AvgIpc) is 2.47. The standard InChI is InChI=1S/C16H28O7/c1-4-15(5-2,6-3)8-7-9-23-13(19)11-16(22,14(20)21)10-12(17)18/h22H,4-11H2,1-3H3,(H,17,18)(H,20,21). The van der Waals surface area contributed by atoms with Crippen molar-refractivity contribution in [2.45, 2.75) is 71.3 Å². The molecule has 23 heavy (non-hydrogen) atoms. The molecular weight excluding hydrogens is 304 g/mol. The maximum absolute atomic E-state index is 11.6. The minimum Gasteiger partial charge on any atom is -0.481 e. The molecule has 0 rings (SSSR count). The Labute approximate surface area is 136 Å². The first-order chi connectivity index (χ1) is 10.6. The van der Waals surface area contributed by atoms with Crippen LogP contribution in [0.2, 0.25) is 0 Å². The zero-order valence-electron chi connectivity index (χ0n) is 14.1. The van der Waals surface area contributed by atoms with Gasteiger partial charge in [0.2, 0.25) is 0 Å². The van der Waals surface area contributed by atoms with Crippen molar-refractivity contribution in [2.24, 2.45) is 5.41 Å². The third-order valence-electron chi connectivity index (χ3n) is 4.64. The number of hydrogen-bond acceptors (Lipinski definition) is 5. The number of carboxylic acid groups (broad SMARTS) is 2. The number of ether oxygens (including phenoxy) is 1. The number of hydrogen-bond donors (Lipinski definition) is 3. The Morgan fingerprint density at radius 2 is 1.48 bits per heavy atom. The molecule has 0 aromatic heterocycles. The minimum atomic E-state index is -2.64. The fourth-order valence-corrected chi connectivity index (χ4v) is 2.67. The van der Waals surface area contributed by atoms with Crippen LogP contribution >= 0.6 is 0 Å². The van der Waals surface area contributed by atoms with Gasteiger partial charge in [-0.2, -0.15) is 0 Å². The Bertz CT molecular complexity index is 406. The van der Waals surface area contributed by atoms with Crippen molar-refractivity contribution in [3.8, 4) is 0 Å². The molecule has 0 radical (unpaired) electrons. The number of aliphatic carboxylic acids is 2. The molecule has 1 unspecified atom stereocenters. The highest BCUT2D eigenvalue weighted by Crippen LogP contribution is 2.35. The first-order valence-electron chi connectivity index (χ1n) is 7.98. The van der Waals surface area contributed by atoms with Crippen molar-refractivity contribution in [3.05, 3.63) is 0 Å². The van der Waals surface area contributed by atoms with E-state index < -0.39 is 36.4 Å². The van der Waals surface area contributed by atoms with Gasteiger partial charge in [0.1, 0.15) is 0 Å². The van der Waals surface area contributed by atoms with Gasteiger partial charge in [0.25, 0.3) is 0 Å². The number of aliphatic hydroxyl groups is 1. The summed E-state index contributed by atoms with van der Waals surface area (Å²) in [4.78, 5) is 33.2. The summed E-state index contributed by atoms with van der Waals surface area (Å²) in [5.74, 6) is -4.16. The largest absolute Gasteiger partial charge is 0.481 e. The van der Waals surface area contributed by atoms with Crippen LogP contribution in [0.1, 0.15) is 65.7 Å².